The summed E-state index contributed by atoms with van der Waals surface area (Å²) in [6, 6.07) is 10.5. The second-order valence-electron chi connectivity index (χ2n) is 4.31. The molecule has 0 radical (unpaired) electrons. The lowest BCUT2D eigenvalue weighted by molar-refractivity contribution is 0.337. The Bertz CT molecular complexity index is 509. The zero-order valence-electron chi connectivity index (χ0n) is 11.3. The molecule has 0 aliphatic heterocycles. The van der Waals surface area contributed by atoms with Gasteiger partial charge in [0.1, 0.15) is 5.75 Å². The van der Waals surface area contributed by atoms with E-state index >= 15 is 0 Å². The molecule has 1 aromatic heterocycles. The lowest BCUT2D eigenvalue weighted by atomic mass is 10.1. The maximum absolute atomic E-state index is 5.95. The standard InChI is InChI=1S/C15H19NOS2/c1-3-17-14-7-6-12(11(2)16)9-13(14)10-19-15-5-4-8-18-15/h4-9,11H,3,10,16H2,1-2H3. The summed E-state index contributed by atoms with van der Waals surface area (Å²) in [6.45, 7) is 4.70. The van der Waals surface area contributed by atoms with Crippen molar-refractivity contribution in [1.82, 2.24) is 0 Å². The normalized spacial score (nSPS) is 12.4. The molecule has 1 heterocycles. The van der Waals surface area contributed by atoms with Gasteiger partial charge < -0.3 is 10.5 Å². The molecule has 2 aromatic rings. The quantitative estimate of drug-likeness (QED) is 0.799. The minimum Gasteiger partial charge on any atom is -0.494 e. The second-order valence-corrected chi connectivity index (χ2v) is 6.53. The molecule has 102 valence electrons. The Morgan fingerprint density at radius 2 is 2.21 bits per heavy atom. The topological polar surface area (TPSA) is 35.2 Å². The third kappa shape index (κ3) is 4.00. The van der Waals surface area contributed by atoms with Crippen LogP contribution in [0.1, 0.15) is 31.0 Å². The predicted molar refractivity (Wildman–Crippen MR) is 84.1 cm³/mol. The van der Waals surface area contributed by atoms with Crippen molar-refractivity contribution in [3.8, 4) is 5.75 Å². The molecule has 0 fully saturated rings. The first-order valence-corrected chi connectivity index (χ1v) is 8.24. The van der Waals surface area contributed by atoms with Gasteiger partial charge in [-0.2, -0.15) is 0 Å². The van der Waals surface area contributed by atoms with E-state index in [0.29, 0.717) is 6.61 Å². The van der Waals surface area contributed by atoms with E-state index in [4.69, 9.17) is 10.5 Å². The molecule has 0 amide bonds. The van der Waals surface area contributed by atoms with Crippen LogP contribution in [0, 0.1) is 0 Å². The van der Waals surface area contributed by atoms with Gasteiger partial charge in [-0.1, -0.05) is 12.1 Å². The minimum atomic E-state index is 0.0566. The zero-order chi connectivity index (χ0) is 13.7. The molecule has 2 rings (SSSR count). The van der Waals surface area contributed by atoms with Crippen LogP contribution in [0.3, 0.4) is 0 Å². The Morgan fingerprint density at radius 3 is 2.84 bits per heavy atom. The van der Waals surface area contributed by atoms with E-state index in [0.717, 1.165) is 17.1 Å². The molecule has 0 saturated heterocycles. The van der Waals surface area contributed by atoms with E-state index in [9.17, 15) is 0 Å². The van der Waals surface area contributed by atoms with Gasteiger partial charge in [0.25, 0.3) is 0 Å². The van der Waals surface area contributed by atoms with Crippen LogP contribution in [0.2, 0.25) is 0 Å². The number of rotatable bonds is 6. The lowest BCUT2D eigenvalue weighted by Crippen LogP contribution is -2.06. The fourth-order valence-electron chi connectivity index (χ4n) is 1.79. The van der Waals surface area contributed by atoms with E-state index in [1.54, 1.807) is 11.3 Å². The molecule has 1 atom stereocenters. The average molecular weight is 293 g/mol. The molecule has 0 bridgehead atoms. The zero-order valence-corrected chi connectivity index (χ0v) is 12.9. The van der Waals surface area contributed by atoms with Gasteiger partial charge in [0, 0.05) is 17.4 Å². The highest BCUT2D eigenvalue weighted by Crippen LogP contribution is 2.32. The number of thiophene rings is 1. The van der Waals surface area contributed by atoms with E-state index in [1.807, 2.05) is 31.7 Å². The predicted octanol–water partition coefficient (Wildman–Crippen LogP) is 4.46. The summed E-state index contributed by atoms with van der Waals surface area (Å²) in [5.41, 5.74) is 8.33. The Morgan fingerprint density at radius 1 is 1.37 bits per heavy atom. The van der Waals surface area contributed by atoms with Crippen LogP contribution < -0.4 is 10.5 Å². The smallest absolute Gasteiger partial charge is 0.123 e. The molecule has 19 heavy (non-hydrogen) atoms. The van der Waals surface area contributed by atoms with Gasteiger partial charge in [0.2, 0.25) is 0 Å². The fraction of sp³-hybridized carbons (Fsp3) is 0.333. The third-order valence-corrected chi connectivity index (χ3v) is 4.95. The summed E-state index contributed by atoms with van der Waals surface area (Å²) in [4.78, 5) is 0. The minimum absolute atomic E-state index is 0.0566. The summed E-state index contributed by atoms with van der Waals surface area (Å²) >= 11 is 3.61. The van der Waals surface area contributed by atoms with Gasteiger partial charge in [-0.15, -0.1) is 23.1 Å². The molecule has 1 aromatic carbocycles. The number of thioether (sulfide) groups is 1. The van der Waals surface area contributed by atoms with E-state index in [2.05, 4.69) is 29.6 Å². The van der Waals surface area contributed by atoms with Crippen LogP contribution >= 0.6 is 23.1 Å². The molecule has 0 aliphatic carbocycles. The van der Waals surface area contributed by atoms with Crippen LogP contribution in [-0.4, -0.2) is 6.61 Å². The van der Waals surface area contributed by atoms with Gasteiger partial charge in [-0.05, 0) is 43.0 Å². The van der Waals surface area contributed by atoms with Crippen molar-refractivity contribution in [3.63, 3.8) is 0 Å². The first-order chi connectivity index (χ1) is 9.20. The Kier molecular flexibility index (Phi) is 5.31. The largest absolute Gasteiger partial charge is 0.494 e. The summed E-state index contributed by atoms with van der Waals surface area (Å²) in [5.74, 6) is 1.88. The van der Waals surface area contributed by atoms with Crippen LogP contribution in [0.15, 0.2) is 39.9 Å². The number of hydrogen-bond donors (Lipinski definition) is 1. The van der Waals surface area contributed by atoms with Gasteiger partial charge >= 0.3 is 0 Å². The van der Waals surface area contributed by atoms with Crippen molar-refractivity contribution in [3.05, 3.63) is 46.8 Å². The maximum atomic E-state index is 5.95. The molecule has 4 heteroatoms. The van der Waals surface area contributed by atoms with Crippen molar-refractivity contribution in [2.24, 2.45) is 5.73 Å². The summed E-state index contributed by atoms with van der Waals surface area (Å²) < 4.78 is 7.02. The first kappa shape index (κ1) is 14.4. The SMILES string of the molecule is CCOc1ccc(C(C)N)cc1CSc1cccs1. The molecular weight excluding hydrogens is 274 g/mol. The van der Waals surface area contributed by atoms with Crippen molar-refractivity contribution in [2.45, 2.75) is 29.9 Å². The highest BCUT2D eigenvalue weighted by atomic mass is 32.2. The molecule has 0 aliphatic rings. The highest BCUT2D eigenvalue weighted by molar-refractivity contribution is 8.00. The van der Waals surface area contributed by atoms with Crippen LogP contribution in [0.5, 0.6) is 5.75 Å². The third-order valence-electron chi connectivity index (χ3n) is 2.78. The van der Waals surface area contributed by atoms with Crippen molar-refractivity contribution < 1.29 is 4.74 Å². The van der Waals surface area contributed by atoms with Crippen molar-refractivity contribution >= 4 is 23.1 Å². The number of nitrogens with two attached hydrogens (primary N) is 1. The van der Waals surface area contributed by atoms with Gasteiger partial charge in [0.15, 0.2) is 0 Å². The van der Waals surface area contributed by atoms with Gasteiger partial charge in [-0.3, -0.25) is 0 Å². The van der Waals surface area contributed by atoms with Crippen LogP contribution in [0.4, 0.5) is 0 Å². The molecular formula is C15H19NOS2. The second kappa shape index (κ2) is 6.98. The van der Waals surface area contributed by atoms with Gasteiger partial charge in [0.05, 0.1) is 10.8 Å². The van der Waals surface area contributed by atoms with E-state index in [-0.39, 0.29) is 6.04 Å². The van der Waals surface area contributed by atoms with E-state index in [1.165, 1.54) is 9.77 Å². The Hall–Kier alpha value is -0.970. The van der Waals surface area contributed by atoms with Crippen molar-refractivity contribution in [1.29, 1.82) is 0 Å². The monoisotopic (exact) mass is 293 g/mol. The molecule has 2 N–H and O–H groups in total. The Balaban J connectivity index is 2.16. The highest BCUT2D eigenvalue weighted by Gasteiger charge is 2.08. The summed E-state index contributed by atoms with van der Waals surface area (Å²) in [7, 11) is 0. The Labute approximate surface area is 123 Å². The maximum Gasteiger partial charge on any atom is 0.123 e. The molecule has 1 unspecified atom stereocenters. The molecule has 0 saturated carbocycles. The van der Waals surface area contributed by atoms with Crippen LogP contribution in [-0.2, 0) is 5.75 Å². The van der Waals surface area contributed by atoms with E-state index < -0.39 is 0 Å². The number of hydrogen-bond acceptors (Lipinski definition) is 4. The van der Waals surface area contributed by atoms with Gasteiger partial charge in [-0.25, -0.2) is 0 Å². The van der Waals surface area contributed by atoms with Crippen LogP contribution in [0.25, 0.3) is 0 Å². The number of benzene rings is 1. The lowest BCUT2D eigenvalue weighted by Gasteiger charge is -2.13. The molecule has 2 nitrogen and oxygen atoms in total. The average Bonchev–Trinajstić information content (AvgIpc) is 2.90. The molecule has 0 spiro atoms. The summed E-state index contributed by atoms with van der Waals surface area (Å²) in [6.07, 6.45) is 0. The number of ether oxygens (including phenoxy) is 1. The fourth-order valence-corrected chi connectivity index (χ4v) is 3.55. The first-order valence-electron chi connectivity index (χ1n) is 6.38. The summed E-state index contributed by atoms with van der Waals surface area (Å²) in [5, 5.41) is 2.10. The van der Waals surface area contributed by atoms with Crippen molar-refractivity contribution in [2.75, 3.05) is 6.61 Å².